The average Bonchev–Trinajstić information content (AvgIpc) is 2.28. The van der Waals surface area contributed by atoms with Crippen molar-refractivity contribution in [2.45, 2.75) is 20.8 Å². The van der Waals surface area contributed by atoms with E-state index >= 15 is 0 Å². The number of hydrazine groups is 1. The standard InChI is InChI=1S/C13H16N4/c1-8-6-9(2)12(10(3)7-8)13-15-5-4-11(16-13)17-14/h4-7H,14H2,1-3H3,(H,15,16,17). The maximum absolute atomic E-state index is 5.36. The second-order valence-electron chi connectivity index (χ2n) is 4.18. The molecular formula is C13H16N4. The largest absolute Gasteiger partial charge is 0.308 e. The second-order valence-corrected chi connectivity index (χ2v) is 4.18. The molecule has 0 atom stereocenters. The van der Waals surface area contributed by atoms with Gasteiger partial charge in [0.25, 0.3) is 0 Å². The Kier molecular flexibility index (Phi) is 3.06. The smallest absolute Gasteiger partial charge is 0.162 e. The topological polar surface area (TPSA) is 63.8 Å². The van der Waals surface area contributed by atoms with Gasteiger partial charge in [-0.05, 0) is 31.9 Å². The van der Waals surface area contributed by atoms with Crippen LogP contribution in [-0.4, -0.2) is 9.97 Å². The Hall–Kier alpha value is -1.94. The van der Waals surface area contributed by atoms with Gasteiger partial charge in [0.1, 0.15) is 5.82 Å². The number of nitrogens with zero attached hydrogens (tertiary/aromatic N) is 2. The molecule has 2 aromatic rings. The summed E-state index contributed by atoms with van der Waals surface area (Å²) < 4.78 is 0. The van der Waals surface area contributed by atoms with E-state index in [-0.39, 0.29) is 0 Å². The highest BCUT2D eigenvalue weighted by Gasteiger charge is 2.09. The summed E-state index contributed by atoms with van der Waals surface area (Å²) in [5.41, 5.74) is 7.21. The summed E-state index contributed by atoms with van der Waals surface area (Å²) in [5, 5.41) is 0. The zero-order valence-electron chi connectivity index (χ0n) is 10.3. The predicted octanol–water partition coefficient (Wildman–Crippen LogP) is 2.35. The number of nitrogens with two attached hydrogens (primary N) is 1. The van der Waals surface area contributed by atoms with E-state index < -0.39 is 0 Å². The Morgan fingerprint density at radius 2 is 1.76 bits per heavy atom. The highest BCUT2D eigenvalue weighted by atomic mass is 15.3. The summed E-state index contributed by atoms with van der Waals surface area (Å²) in [5.74, 6) is 6.68. The SMILES string of the molecule is Cc1cc(C)c(-c2nccc(NN)n2)c(C)c1. The molecule has 0 unspecified atom stereocenters. The fourth-order valence-electron chi connectivity index (χ4n) is 2.09. The molecule has 0 fully saturated rings. The highest BCUT2D eigenvalue weighted by molar-refractivity contribution is 5.66. The zero-order valence-corrected chi connectivity index (χ0v) is 10.3. The van der Waals surface area contributed by atoms with Gasteiger partial charge < -0.3 is 5.43 Å². The Balaban J connectivity index is 2.60. The number of rotatable bonds is 2. The van der Waals surface area contributed by atoms with Gasteiger partial charge in [-0.15, -0.1) is 0 Å². The number of nitrogens with one attached hydrogen (secondary N) is 1. The first kappa shape index (κ1) is 11.5. The lowest BCUT2D eigenvalue weighted by molar-refractivity contribution is 1.13. The number of aryl methyl sites for hydroxylation is 3. The van der Waals surface area contributed by atoms with E-state index in [9.17, 15) is 0 Å². The molecule has 4 nitrogen and oxygen atoms in total. The van der Waals surface area contributed by atoms with Crippen molar-refractivity contribution in [1.82, 2.24) is 9.97 Å². The lowest BCUT2D eigenvalue weighted by Gasteiger charge is -2.10. The molecular weight excluding hydrogens is 212 g/mol. The van der Waals surface area contributed by atoms with Crippen molar-refractivity contribution in [3.05, 3.63) is 41.1 Å². The summed E-state index contributed by atoms with van der Waals surface area (Å²) in [4.78, 5) is 8.67. The van der Waals surface area contributed by atoms with Crippen molar-refractivity contribution in [1.29, 1.82) is 0 Å². The molecule has 17 heavy (non-hydrogen) atoms. The highest BCUT2D eigenvalue weighted by Crippen LogP contribution is 2.25. The predicted molar refractivity (Wildman–Crippen MR) is 69.5 cm³/mol. The Bertz CT molecular complexity index is 526. The zero-order chi connectivity index (χ0) is 12.4. The molecule has 2 rings (SSSR count). The van der Waals surface area contributed by atoms with E-state index in [4.69, 9.17) is 5.84 Å². The van der Waals surface area contributed by atoms with Crippen molar-refractivity contribution in [2.24, 2.45) is 5.84 Å². The molecule has 3 N–H and O–H groups in total. The molecule has 0 amide bonds. The normalized spacial score (nSPS) is 10.4. The molecule has 88 valence electrons. The fraction of sp³-hybridized carbons (Fsp3) is 0.231. The van der Waals surface area contributed by atoms with Crippen molar-refractivity contribution in [2.75, 3.05) is 5.43 Å². The molecule has 0 bridgehead atoms. The number of anilines is 1. The molecule has 0 saturated carbocycles. The summed E-state index contributed by atoms with van der Waals surface area (Å²) in [6, 6.07) is 6.00. The van der Waals surface area contributed by atoms with E-state index in [0.29, 0.717) is 11.6 Å². The molecule has 4 heteroatoms. The van der Waals surface area contributed by atoms with E-state index in [2.05, 4.69) is 48.3 Å². The number of benzene rings is 1. The van der Waals surface area contributed by atoms with Crippen molar-refractivity contribution in [3.63, 3.8) is 0 Å². The van der Waals surface area contributed by atoms with Crippen LogP contribution in [0.25, 0.3) is 11.4 Å². The van der Waals surface area contributed by atoms with Gasteiger partial charge in [-0.2, -0.15) is 0 Å². The van der Waals surface area contributed by atoms with Crippen molar-refractivity contribution in [3.8, 4) is 11.4 Å². The summed E-state index contributed by atoms with van der Waals surface area (Å²) in [7, 11) is 0. The molecule has 0 aliphatic carbocycles. The maximum atomic E-state index is 5.36. The first-order valence-corrected chi connectivity index (χ1v) is 5.49. The third kappa shape index (κ3) is 2.26. The first-order valence-electron chi connectivity index (χ1n) is 5.49. The van der Waals surface area contributed by atoms with Crippen LogP contribution >= 0.6 is 0 Å². The maximum Gasteiger partial charge on any atom is 0.162 e. The molecule has 0 radical (unpaired) electrons. The lowest BCUT2D eigenvalue weighted by atomic mass is 9.99. The quantitative estimate of drug-likeness (QED) is 0.611. The van der Waals surface area contributed by atoms with Gasteiger partial charge in [-0.3, -0.25) is 0 Å². The Labute approximate surface area is 101 Å². The van der Waals surface area contributed by atoms with Crippen LogP contribution in [0.1, 0.15) is 16.7 Å². The Morgan fingerprint density at radius 1 is 1.12 bits per heavy atom. The average molecular weight is 228 g/mol. The van der Waals surface area contributed by atoms with Crippen LogP contribution in [-0.2, 0) is 0 Å². The van der Waals surface area contributed by atoms with Crippen molar-refractivity contribution < 1.29 is 0 Å². The number of nitrogen functional groups attached to an aromatic ring is 1. The molecule has 1 heterocycles. The Morgan fingerprint density at radius 3 is 2.35 bits per heavy atom. The molecule has 1 aromatic carbocycles. The van der Waals surface area contributed by atoms with Gasteiger partial charge in [0, 0.05) is 17.8 Å². The molecule has 0 spiro atoms. The van der Waals surface area contributed by atoms with E-state index in [0.717, 1.165) is 5.56 Å². The summed E-state index contributed by atoms with van der Waals surface area (Å²) >= 11 is 0. The first-order chi connectivity index (χ1) is 8.11. The summed E-state index contributed by atoms with van der Waals surface area (Å²) in [6.45, 7) is 6.23. The lowest BCUT2D eigenvalue weighted by Crippen LogP contribution is -2.09. The van der Waals surface area contributed by atoms with Crippen LogP contribution in [0.4, 0.5) is 5.82 Å². The third-order valence-corrected chi connectivity index (χ3v) is 2.70. The number of aromatic nitrogens is 2. The van der Waals surface area contributed by atoms with Crippen LogP contribution in [0, 0.1) is 20.8 Å². The monoisotopic (exact) mass is 228 g/mol. The fourth-order valence-corrected chi connectivity index (χ4v) is 2.09. The minimum absolute atomic E-state index is 0.620. The molecule has 0 saturated heterocycles. The number of hydrogen-bond donors (Lipinski definition) is 2. The van der Waals surface area contributed by atoms with Crippen LogP contribution in [0.15, 0.2) is 24.4 Å². The third-order valence-electron chi connectivity index (χ3n) is 2.70. The van der Waals surface area contributed by atoms with Crippen LogP contribution in [0.3, 0.4) is 0 Å². The van der Waals surface area contributed by atoms with Gasteiger partial charge in [-0.25, -0.2) is 15.8 Å². The van der Waals surface area contributed by atoms with Gasteiger partial charge in [0.2, 0.25) is 0 Å². The summed E-state index contributed by atoms with van der Waals surface area (Å²) in [6.07, 6.45) is 1.70. The van der Waals surface area contributed by atoms with Gasteiger partial charge in [0.05, 0.1) is 0 Å². The van der Waals surface area contributed by atoms with Gasteiger partial charge in [-0.1, -0.05) is 17.7 Å². The second kappa shape index (κ2) is 4.51. The van der Waals surface area contributed by atoms with E-state index in [1.165, 1.54) is 16.7 Å². The van der Waals surface area contributed by atoms with Crippen molar-refractivity contribution >= 4 is 5.82 Å². The molecule has 0 aliphatic rings. The van der Waals surface area contributed by atoms with Gasteiger partial charge in [0.15, 0.2) is 5.82 Å². The minimum Gasteiger partial charge on any atom is -0.308 e. The minimum atomic E-state index is 0.620. The van der Waals surface area contributed by atoms with Crippen LogP contribution in [0.5, 0.6) is 0 Å². The molecule has 0 aliphatic heterocycles. The number of hydrogen-bond acceptors (Lipinski definition) is 4. The van der Waals surface area contributed by atoms with Crippen LogP contribution < -0.4 is 11.3 Å². The van der Waals surface area contributed by atoms with Crippen LogP contribution in [0.2, 0.25) is 0 Å². The van der Waals surface area contributed by atoms with E-state index in [1.807, 2.05) is 0 Å². The van der Waals surface area contributed by atoms with Gasteiger partial charge >= 0.3 is 0 Å². The molecule has 1 aromatic heterocycles. The van der Waals surface area contributed by atoms with E-state index in [1.54, 1.807) is 12.3 Å².